The van der Waals surface area contributed by atoms with Crippen LogP contribution in [0.4, 0.5) is 10.6 Å². The van der Waals surface area contributed by atoms with Gasteiger partial charge in [0.15, 0.2) is 5.82 Å². The summed E-state index contributed by atoms with van der Waals surface area (Å²) in [6.45, 7) is 2.78. The van der Waals surface area contributed by atoms with Crippen molar-refractivity contribution in [2.24, 2.45) is 0 Å². The van der Waals surface area contributed by atoms with Gasteiger partial charge in [0.2, 0.25) is 0 Å². The molecule has 1 unspecified atom stereocenters. The van der Waals surface area contributed by atoms with Crippen LogP contribution >= 0.6 is 0 Å². The molecule has 3 rings (SSSR count). The molecule has 1 atom stereocenters. The molecule has 7 heteroatoms. The third-order valence-corrected chi connectivity index (χ3v) is 3.63. The third-order valence-electron chi connectivity index (χ3n) is 3.63. The molecule has 1 aromatic carbocycles. The first-order valence-electron chi connectivity index (χ1n) is 7.78. The van der Waals surface area contributed by atoms with Gasteiger partial charge in [0, 0.05) is 26.3 Å². The summed E-state index contributed by atoms with van der Waals surface area (Å²) in [5.74, 6) is 1.89. The van der Waals surface area contributed by atoms with Crippen LogP contribution in [0.25, 0.3) is 0 Å². The maximum absolute atomic E-state index is 12.0. The molecule has 0 bridgehead atoms. The molecule has 0 spiro atoms. The van der Waals surface area contributed by atoms with Crippen molar-refractivity contribution < 1.29 is 14.3 Å². The molecule has 0 saturated carbocycles. The Labute approximate surface area is 140 Å². The van der Waals surface area contributed by atoms with Crippen LogP contribution in [0.1, 0.15) is 23.9 Å². The first-order valence-corrected chi connectivity index (χ1v) is 7.78. The predicted octanol–water partition coefficient (Wildman–Crippen LogP) is 2.27. The van der Waals surface area contributed by atoms with E-state index in [9.17, 15) is 4.79 Å². The molecule has 2 aromatic rings. The monoisotopic (exact) mass is 328 g/mol. The van der Waals surface area contributed by atoms with E-state index in [1.807, 2.05) is 19.1 Å². The van der Waals surface area contributed by atoms with Gasteiger partial charge in [-0.2, -0.15) is 0 Å². The van der Waals surface area contributed by atoms with Crippen molar-refractivity contribution in [2.75, 3.05) is 12.4 Å². The van der Waals surface area contributed by atoms with Crippen LogP contribution < -0.4 is 15.4 Å². The van der Waals surface area contributed by atoms with Crippen molar-refractivity contribution in [2.45, 2.75) is 32.6 Å². The average molecular weight is 328 g/mol. The smallest absolute Gasteiger partial charge is 0.320 e. The fourth-order valence-corrected chi connectivity index (χ4v) is 2.60. The van der Waals surface area contributed by atoms with Crippen LogP contribution in [0.3, 0.4) is 0 Å². The fourth-order valence-electron chi connectivity index (χ4n) is 2.60. The molecule has 2 heterocycles. The van der Waals surface area contributed by atoms with Crippen LogP contribution in [-0.2, 0) is 24.3 Å². The van der Waals surface area contributed by atoms with Gasteiger partial charge in [-0.3, -0.25) is 5.32 Å². The number of ether oxygens (including phenoxy) is 2. The lowest BCUT2D eigenvalue weighted by Gasteiger charge is -2.09. The number of carbonyl (C=O) groups excluding carboxylic acids is 1. The summed E-state index contributed by atoms with van der Waals surface area (Å²) < 4.78 is 10.6. The fraction of sp³-hybridized carbons (Fsp3) is 0.353. The molecule has 1 aromatic heterocycles. The van der Waals surface area contributed by atoms with E-state index in [1.54, 1.807) is 19.4 Å². The molecule has 1 aliphatic heterocycles. The summed E-state index contributed by atoms with van der Waals surface area (Å²) >= 11 is 0. The van der Waals surface area contributed by atoms with Gasteiger partial charge in [0.05, 0.1) is 0 Å². The van der Waals surface area contributed by atoms with Crippen molar-refractivity contribution in [3.8, 4) is 5.75 Å². The standard InChI is InChI=1S/C17H20N4O3/c1-11-7-13-8-12(3-4-14(13)24-11)9-19-17(22)21-15-5-6-18-16(20-15)10-23-2/h3-6,8,11H,7,9-10H2,1-2H3,(H2,18,19,20,21,22). The number of urea groups is 1. The number of aromatic nitrogens is 2. The highest BCUT2D eigenvalue weighted by molar-refractivity contribution is 5.88. The van der Waals surface area contributed by atoms with Gasteiger partial charge in [0.1, 0.15) is 24.3 Å². The Balaban J connectivity index is 1.54. The van der Waals surface area contributed by atoms with Gasteiger partial charge >= 0.3 is 6.03 Å². The molecular formula is C17H20N4O3. The zero-order valence-electron chi connectivity index (χ0n) is 13.7. The van der Waals surface area contributed by atoms with Gasteiger partial charge in [-0.1, -0.05) is 12.1 Å². The number of hydrogen-bond acceptors (Lipinski definition) is 5. The number of rotatable bonds is 5. The van der Waals surface area contributed by atoms with Crippen LogP contribution in [0.15, 0.2) is 30.5 Å². The van der Waals surface area contributed by atoms with E-state index in [-0.39, 0.29) is 12.1 Å². The first-order chi connectivity index (χ1) is 11.6. The van der Waals surface area contributed by atoms with E-state index in [1.165, 1.54) is 5.56 Å². The van der Waals surface area contributed by atoms with E-state index >= 15 is 0 Å². The van der Waals surface area contributed by atoms with Crippen LogP contribution in [0, 0.1) is 0 Å². The minimum absolute atomic E-state index is 0.213. The van der Waals surface area contributed by atoms with Crippen molar-refractivity contribution in [1.82, 2.24) is 15.3 Å². The zero-order chi connectivity index (χ0) is 16.9. The largest absolute Gasteiger partial charge is 0.490 e. The Morgan fingerprint density at radius 2 is 2.29 bits per heavy atom. The molecule has 2 N–H and O–H groups in total. The molecule has 0 aliphatic carbocycles. The zero-order valence-corrected chi connectivity index (χ0v) is 13.7. The first kappa shape index (κ1) is 16.2. The minimum Gasteiger partial charge on any atom is -0.490 e. The van der Waals surface area contributed by atoms with Gasteiger partial charge in [0.25, 0.3) is 0 Å². The summed E-state index contributed by atoms with van der Waals surface area (Å²) in [5.41, 5.74) is 2.21. The molecule has 0 radical (unpaired) electrons. The van der Waals surface area contributed by atoms with Crippen molar-refractivity contribution in [3.63, 3.8) is 0 Å². The van der Waals surface area contributed by atoms with Gasteiger partial charge in [-0.05, 0) is 30.2 Å². The Kier molecular flexibility index (Phi) is 4.90. The number of anilines is 1. The van der Waals surface area contributed by atoms with Crippen molar-refractivity contribution >= 4 is 11.8 Å². The number of nitrogens with zero attached hydrogens (tertiary/aromatic N) is 2. The number of fused-ring (bicyclic) bond motifs is 1. The van der Waals surface area contributed by atoms with Crippen molar-refractivity contribution in [1.29, 1.82) is 0 Å². The summed E-state index contributed by atoms with van der Waals surface area (Å²) in [4.78, 5) is 20.2. The number of amides is 2. The van der Waals surface area contributed by atoms with E-state index in [0.717, 1.165) is 17.7 Å². The molecule has 7 nitrogen and oxygen atoms in total. The van der Waals surface area contributed by atoms with Crippen molar-refractivity contribution in [3.05, 3.63) is 47.4 Å². The highest BCUT2D eigenvalue weighted by atomic mass is 16.5. The number of hydrogen-bond donors (Lipinski definition) is 2. The Morgan fingerprint density at radius 3 is 3.12 bits per heavy atom. The minimum atomic E-state index is -0.317. The number of nitrogens with one attached hydrogen (secondary N) is 2. The highest BCUT2D eigenvalue weighted by Crippen LogP contribution is 2.29. The molecule has 1 aliphatic rings. The number of benzene rings is 1. The lowest BCUT2D eigenvalue weighted by Crippen LogP contribution is -2.28. The Bertz CT molecular complexity index is 736. The van der Waals surface area contributed by atoms with E-state index in [2.05, 4.69) is 26.7 Å². The summed E-state index contributed by atoms with van der Waals surface area (Å²) in [6.07, 6.45) is 2.70. The molecule has 126 valence electrons. The number of methoxy groups -OCH3 is 1. The second-order valence-corrected chi connectivity index (χ2v) is 5.67. The normalized spacial score (nSPS) is 15.5. The van der Waals surface area contributed by atoms with Crippen LogP contribution in [0.5, 0.6) is 5.75 Å². The Morgan fingerprint density at radius 1 is 1.42 bits per heavy atom. The van der Waals surface area contributed by atoms with Crippen LogP contribution in [-0.4, -0.2) is 29.2 Å². The molecule has 0 saturated heterocycles. The second-order valence-electron chi connectivity index (χ2n) is 5.67. The summed E-state index contributed by atoms with van der Waals surface area (Å²) in [5, 5.41) is 5.51. The average Bonchev–Trinajstić information content (AvgIpc) is 2.93. The maximum atomic E-state index is 12.0. The SMILES string of the molecule is COCc1nccc(NC(=O)NCc2ccc3c(c2)CC(C)O3)n1. The molecule has 24 heavy (non-hydrogen) atoms. The van der Waals surface area contributed by atoms with Gasteiger partial charge in [-0.25, -0.2) is 14.8 Å². The highest BCUT2D eigenvalue weighted by Gasteiger charge is 2.18. The number of carbonyl (C=O) groups is 1. The van der Waals surface area contributed by atoms with Gasteiger partial charge < -0.3 is 14.8 Å². The van der Waals surface area contributed by atoms with Crippen LogP contribution in [0.2, 0.25) is 0 Å². The quantitative estimate of drug-likeness (QED) is 0.879. The lowest BCUT2D eigenvalue weighted by atomic mass is 10.1. The predicted molar refractivity (Wildman–Crippen MR) is 88.8 cm³/mol. The molecule has 0 fully saturated rings. The second kappa shape index (κ2) is 7.27. The Hall–Kier alpha value is -2.67. The van der Waals surface area contributed by atoms with E-state index in [4.69, 9.17) is 9.47 Å². The summed E-state index contributed by atoms with van der Waals surface area (Å²) in [6, 6.07) is 7.29. The maximum Gasteiger partial charge on any atom is 0.320 e. The van der Waals surface area contributed by atoms with E-state index < -0.39 is 0 Å². The molecular weight excluding hydrogens is 308 g/mol. The summed E-state index contributed by atoms with van der Waals surface area (Å²) in [7, 11) is 1.57. The van der Waals surface area contributed by atoms with Gasteiger partial charge in [-0.15, -0.1) is 0 Å². The lowest BCUT2D eigenvalue weighted by molar-refractivity contribution is 0.178. The molecule has 2 amide bonds. The van der Waals surface area contributed by atoms with E-state index in [0.29, 0.717) is 24.8 Å². The topological polar surface area (TPSA) is 85.4 Å². The third kappa shape index (κ3) is 3.99.